The number of nitrogens with zero attached hydrogens (tertiary/aromatic N) is 1. The average Bonchev–Trinajstić information content (AvgIpc) is 2.90. The first-order chi connectivity index (χ1) is 9.34. The van der Waals surface area contributed by atoms with Crippen LogP contribution in [0.2, 0.25) is 0 Å². The number of hydrogen-bond donors (Lipinski definition) is 3. The Labute approximate surface area is 124 Å². The second kappa shape index (κ2) is 7.06. The molecule has 1 fully saturated rings. The number of amides is 1. The first-order valence-electron chi connectivity index (χ1n) is 6.97. The van der Waals surface area contributed by atoms with Crippen molar-refractivity contribution >= 4 is 18.3 Å². The van der Waals surface area contributed by atoms with Gasteiger partial charge >= 0.3 is 0 Å². The second-order valence-electron chi connectivity index (χ2n) is 5.22. The van der Waals surface area contributed by atoms with Gasteiger partial charge in [0.25, 0.3) is 5.91 Å². The van der Waals surface area contributed by atoms with E-state index in [9.17, 15) is 4.79 Å². The van der Waals surface area contributed by atoms with Crippen molar-refractivity contribution < 1.29 is 9.53 Å². The number of H-pyrrole nitrogens is 1. The van der Waals surface area contributed by atoms with Gasteiger partial charge in [-0.3, -0.25) is 9.89 Å². The highest BCUT2D eigenvalue weighted by Gasteiger charge is 2.22. The van der Waals surface area contributed by atoms with E-state index in [1.165, 1.54) is 0 Å². The Hall–Kier alpha value is -1.11. The normalized spacial score (nSPS) is 19.0. The average molecular weight is 301 g/mol. The molecule has 2 aliphatic rings. The minimum Gasteiger partial charge on any atom is -0.381 e. The van der Waals surface area contributed by atoms with Gasteiger partial charge in [0.1, 0.15) is 0 Å². The highest BCUT2D eigenvalue weighted by molar-refractivity contribution is 5.94. The summed E-state index contributed by atoms with van der Waals surface area (Å²) >= 11 is 0. The Morgan fingerprint density at radius 3 is 3.00 bits per heavy atom. The quantitative estimate of drug-likeness (QED) is 0.765. The van der Waals surface area contributed by atoms with Crippen LogP contribution >= 0.6 is 12.4 Å². The fourth-order valence-corrected chi connectivity index (χ4v) is 2.68. The summed E-state index contributed by atoms with van der Waals surface area (Å²) in [6, 6.07) is 0. The number of rotatable bonds is 3. The lowest BCUT2D eigenvalue weighted by Gasteiger charge is -2.22. The molecule has 6 nitrogen and oxygen atoms in total. The number of aromatic amines is 1. The molecule has 20 heavy (non-hydrogen) atoms. The maximum Gasteiger partial charge on any atom is 0.272 e. The molecule has 0 unspecified atom stereocenters. The minimum atomic E-state index is -0.0623. The third-order valence-corrected chi connectivity index (χ3v) is 3.91. The number of ether oxygens (including phenoxy) is 1. The highest BCUT2D eigenvalue weighted by Crippen LogP contribution is 2.16. The molecule has 112 valence electrons. The van der Waals surface area contributed by atoms with Crippen molar-refractivity contribution in [2.75, 3.05) is 26.3 Å². The van der Waals surface area contributed by atoms with E-state index in [1.807, 2.05) is 0 Å². The zero-order chi connectivity index (χ0) is 13.1. The van der Waals surface area contributed by atoms with Gasteiger partial charge in [-0.05, 0) is 18.8 Å². The number of carbonyl (C=O) groups excluding carboxylic acids is 1. The van der Waals surface area contributed by atoms with E-state index < -0.39 is 0 Å². The molecule has 0 radical (unpaired) electrons. The van der Waals surface area contributed by atoms with Crippen LogP contribution in [0.3, 0.4) is 0 Å². The molecule has 1 aromatic heterocycles. The number of carbonyl (C=O) groups is 1. The largest absolute Gasteiger partial charge is 0.381 e. The van der Waals surface area contributed by atoms with Gasteiger partial charge in [0.15, 0.2) is 5.69 Å². The van der Waals surface area contributed by atoms with Gasteiger partial charge in [0.05, 0.1) is 0 Å². The predicted octanol–water partition coefficient (Wildman–Crippen LogP) is 0.634. The van der Waals surface area contributed by atoms with Gasteiger partial charge in [-0.1, -0.05) is 0 Å². The van der Waals surface area contributed by atoms with E-state index in [4.69, 9.17) is 4.74 Å². The van der Waals surface area contributed by atoms with Crippen LogP contribution < -0.4 is 10.6 Å². The third kappa shape index (κ3) is 3.31. The molecule has 2 aliphatic heterocycles. The topological polar surface area (TPSA) is 79.0 Å². The molecular weight excluding hydrogens is 280 g/mol. The molecule has 7 heteroatoms. The van der Waals surface area contributed by atoms with Crippen molar-refractivity contribution in [2.45, 2.75) is 25.8 Å². The van der Waals surface area contributed by atoms with Crippen LogP contribution in [0.5, 0.6) is 0 Å². The van der Waals surface area contributed by atoms with Crippen molar-refractivity contribution in [3.63, 3.8) is 0 Å². The molecule has 3 heterocycles. The maximum atomic E-state index is 12.2. The van der Waals surface area contributed by atoms with Crippen molar-refractivity contribution in [2.24, 2.45) is 5.92 Å². The van der Waals surface area contributed by atoms with E-state index in [-0.39, 0.29) is 18.3 Å². The van der Waals surface area contributed by atoms with Crippen LogP contribution in [0.15, 0.2) is 0 Å². The number of hydrogen-bond acceptors (Lipinski definition) is 4. The first-order valence-corrected chi connectivity index (χ1v) is 6.97. The zero-order valence-electron chi connectivity index (χ0n) is 11.4. The van der Waals surface area contributed by atoms with Gasteiger partial charge in [-0.2, -0.15) is 5.10 Å². The predicted molar refractivity (Wildman–Crippen MR) is 77.1 cm³/mol. The van der Waals surface area contributed by atoms with Gasteiger partial charge < -0.3 is 15.4 Å². The molecule has 3 rings (SSSR count). The second-order valence-corrected chi connectivity index (χ2v) is 5.22. The smallest absolute Gasteiger partial charge is 0.272 e. The van der Waals surface area contributed by atoms with Crippen LogP contribution in [0.25, 0.3) is 0 Å². The van der Waals surface area contributed by atoms with E-state index in [0.717, 1.165) is 63.4 Å². The lowest BCUT2D eigenvalue weighted by atomic mass is 10.0. The molecule has 0 spiro atoms. The number of halogens is 1. The molecule has 1 saturated heterocycles. The van der Waals surface area contributed by atoms with Crippen molar-refractivity contribution in [1.29, 1.82) is 0 Å². The SMILES string of the molecule is Cl.O=C(NCC1CCOCC1)c1n[nH]c2c1CNCC2. The van der Waals surface area contributed by atoms with Crippen molar-refractivity contribution in [3.05, 3.63) is 17.0 Å². The fraction of sp³-hybridized carbons (Fsp3) is 0.692. The Morgan fingerprint density at radius 2 is 2.20 bits per heavy atom. The molecule has 1 amide bonds. The molecule has 0 aliphatic carbocycles. The Balaban J connectivity index is 0.00000147. The number of aromatic nitrogens is 2. The summed E-state index contributed by atoms with van der Waals surface area (Å²) in [7, 11) is 0. The van der Waals surface area contributed by atoms with Gasteiger partial charge in [-0.15, -0.1) is 12.4 Å². The van der Waals surface area contributed by atoms with Crippen LogP contribution in [0.4, 0.5) is 0 Å². The zero-order valence-corrected chi connectivity index (χ0v) is 12.2. The Bertz CT molecular complexity index is 457. The van der Waals surface area contributed by atoms with E-state index in [0.29, 0.717) is 11.6 Å². The van der Waals surface area contributed by atoms with Crippen LogP contribution in [0.1, 0.15) is 34.6 Å². The summed E-state index contributed by atoms with van der Waals surface area (Å²) in [5.74, 6) is 0.471. The van der Waals surface area contributed by atoms with Gasteiger partial charge in [0, 0.05) is 50.5 Å². The summed E-state index contributed by atoms with van der Waals surface area (Å²) in [5, 5.41) is 13.4. The molecule has 0 saturated carbocycles. The monoisotopic (exact) mass is 300 g/mol. The molecule has 0 bridgehead atoms. The molecule has 3 N–H and O–H groups in total. The first kappa shape index (κ1) is 15.3. The van der Waals surface area contributed by atoms with Crippen molar-refractivity contribution in [3.8, 4) is 0 Å². The highest BCUT2D eigenvalue weighted by atomic mass is 35.5. The minimum absolute atomic E-state index is 0. The van der Waals surface area contributed by atoms with Crippen LogP contribution in [-0.4, -0.2) is 42.4 Å². The van der Waals surface area contributed by atoms with Crippen LogP contribution in [-0.2, 0) is 17.7 Å². The summed E-state index contributed by atoms with van der Waals surface area (Å²) in [4.78, 5) is 12.2. The maximum absolute atomic E-state index is 12.2. The fourth-order valence-electron chi connectivity index (χ4n) is 2.68. The lowest BCUT2D eigenvalue weighted by Crippen LogP contribution is -2.33. The summed E-state index contributed by atoms with van der Waals surface area (Å²) in [5.41, 5.74) is 2.67. The van der Waals surface area contributed by atoms with Crippen molar-refractivity contribution in [1.82, 2.24) is 20.8 Å². The molecule has 0 atom stereocenters. The number of nitrogens with one attached hydrogen (secondary N) is 3. The van der Waals surface area contributed by atoms with Crippen LogP contribution in [0, 0.1) is 5.92 Å². The Kier molecular flexibility index (Phi) is 5.39. The summed E-state index contributed by atoms with van der Waals surface area (Å²) in [6.07, 6.45) is 2.97. The van der Waals surface area contributed by atoms with Gasteiger partial charge in [0.2, 0.25) is 0 Å². The summed E-state index contributed by atoms with van der Waals surface area (Å²) in [6.45, 7) is 4.01. The number of fused-ring (bicyclic) bond motifs is 1. The lowest BCUT2D eigenvalue weighted by molar-refractivity contribution is 0.0642. The van der Waals surface area contributed by atoms with E-state index in [1.54, 1.807) is 0 Å². The van der Waals surface area contributed by atoms with Gasteiger partial charge in [-0.25, -0.2) is 0 Å². The molecule has 0 aromatic carbocycles. The standard InChI is InChI=1S/C13H20N4O2.ClH/c18-13(15-7-9-2-5-19-6-3-9)12-10-8-14-4-1-11(10)16-17-12;/h9,14H,1-8H2,(H,15,18)(H,16,17);1H. The third-order valence-electron chi connectivity index (χ3n) is 3.91. The molecular formula is C13H21ClN4O2. The summed E-state index contributed by atoms with van der Waals surface area (Å²) < 4.78 is 5.31. The molecule has 1 aromatic rings. The van der Waals surface area contributed by atoms with E-state index >= 15 is 0 Å². The Morgan fingerprint density at radius 1 is 1.40 bits per heavy atom. The van der Waals surface area contributed by atoms with E-state index in [2.05, 4.69) is 20.8 Å².